The fourth-order valence-corrected chi connectivity index (χ4v) is 2.91. The molecule has 3 rings (SSSR count). The SMILES string of the molecule is CN1C(=O)C2CNCCN2c2cccc(Cl)c21. The Morgan fingerprint density at radius 1 is 1.47 bits per heavy atom. The van der Waals surface area contributed by atoms with E-state index in [9.17, 15) is 4.79 Å². The smallest absolute Gasteiger partial charge is 0.250 e. The van der Waals surface area contributed by atoms with Gasteiger partial charge < -0.3 is 15.1 Å². The lowest BCUT2D eigenvalue weighted by Gasteiger charge is -2.44. The molecule has 2 aliphatic heterocycles. The second kappa shape index (κ2) is 3.89. The fourth-order valence-electron chi connectivity index (χ4n) is 2.61. The van der Waals surface area contributed by atoms with Gasteiger partial charge in [-0.2, -0.15) is 0 Å². The van der Waals surface area contributed by atoms with E-state index < -0.39 is 0 Å². The Balaban J connectivity index is 2.16. The van der Waals surface area contributed by atoms with Gasteiger partial charge in [0.05, 0.1) is 16.4 Å². The molecule has 2 aliphatic rings. The van der Waals surface area contributed by atoms with E-state index in [0.717, 1.165) is 24.5 Å². The summed E-state index contributed by atoms with van der Waals surface area (Å²) in [4.78, 5) is 16.1. The number of hydrogen-bond acceptors (Lipinski definition) is 3. The van der Waals surface area contributed by atoms with E-state index in [0.29, 0.717) is 11.6 Å². The Labute approximate surface area is 105 Å². The summed E-state index contributed by atoms with van der Waals surface area (Å²) in [6.07, 6.45) is 0. The van der Waals surface area contributed by atoms with Crippen LogP contribution in [0.2, 0.25) is 5.02 Å². The predicted molar refractivity (Wildman–Crippen MR) is 68.9 cm³/mol. The summed E-state index contributed by atoms with van der Waals surface area (Å²) >= 11 is 6.20. The van der Waals surface area contributed by atoms with Crippen LogP contribution >= 0.6 is 11.6 Å². The number of carbonyl (C=O) groups excluding carboxylic acids is 1. The van der Waals surface area contributed by atoms with Crippen molar-refractivity contribution in [2.45, 2.75) is 6.04 Å². The Hall–Kier alpha value is -1.26. The number of hydrogen-bond donors (Lipinski definition) is 1. The molecule has 0 bridgehead atoms. The van der Waals surface area contributed by atoms with E-state index in [-0.39, 0.29) is 11.9 Å². The average Bonchev–Trinajstić information content (AvgIpc) is 2.36. The lowest BCUT2D eigenvalue weighted by Crippen LogP contribution is -2.61. The van der Waals surface area contributed by atoms with Crippen LogP contribution in [0.1, 0.15) is 0 Å². The maximum absolute atomic E-state index is 12.3. The van der Waals surface area contributed by atoms with Gasteiger partial charge in [-0.1, -0.05) is 17.7 Å². The van der Waals surface area contributed by atoms with Crippen molar-refractivity contribution in [1.29, 1.82) is 0 Å². The summed E-state index contributed by atoms with van der Waals surface area (Å²) in [6.45, 7) is 2.45. The maximum Gasteiger partial charge on any atom is 0.250 e. The van der Waals surface area contributed by atoms with E-state index in [1.807, 2.05) is 18.2 Å². The fraction of sp³-hybridized carbons (Fsp3) is 0.417. The van der Waals surface area contributed by atoms with Crippen LogP contribution in [0.4, 0.5) is 11.4 Å². The van der Waals surface area contributed by atoms with Gasteiger partial charge in [-0.15, -0.1) is 0 Å². The molecule has 1 saturated heterocycles. The first-order valence-electron chi connectivity index (χ1n) is 5.73. The van der Waals surface area contributed by atoms with Gasteiger partial charge in [0, 0.05) is 26.7 Å². The number of carbonyl (C=O) groups is 1. The highest BCUT2D eigenvalue weighted by atomic mass is 35.5. The zero-order valence-corrected chi connectivity index (χ0v) is 10.4. The average molecular weight is 252 g/mol. The quantitative estimate of drug-likeness (QED) is 0.750. The first kappa shape index (κ1) is 10.9. The molecule has 1 fully saturated rings. The number of nitrogens with one attached hydrogen (secondary N) is 1. The summed E-state index contributed by atoms with van der Waals surface area (Å²) in [7, 11) is 1.79. The largest absolute Gasteiger partial charge is 0.355 e. The van der Waals surface area contributed by atoms with Crippen molar-refractivity contribution in [3.8, 4) is 0 Å². The third-order valence-corrected chi connectivity index (χ3v) is 3.77. The van der Waals surface area contributed by atoms with Crippen molar-refractivity contribution in [2.24, 2.45) is 0 Å². The number of nitrogens with zero attached hydrogens (tertiary/aromatic N) is 2. The number of amides is 1. The van der Waals surface area contributed by atoms with Crippen LogP contribution < -0.4 is 15.1 Å². The van der Waals surface area contributed by atoms with Crippen molar-refractivity contribution < 1.29 is 4.79 Å². The van der Waals surface area contributed by atoms with E-state index in [4.69, 9.17) is 11.6 Å². The molecule has 90 valence electrons. The molecule has 4 nitrogen and oxygen atoms in total. The van der Waals surface area contributed by atoms with Gasteiger partial charge in [0.15, 0.2) is 0 Å². The highest BCUT2D eigenvalue weighted by Gasteiger charge is 2.38. The number of para-hydroxylation sites is 1. The molecule has 1 aromatic carbocycles. The van der Waals surface area contributed by atoms with Crippen LogP contribution in [0.25, 0.3) is 0 Å². The number of benzene rings is 1. The molecule has 1 unspecified atom stereocenters. The van der Waals surface area contributed by atoms with Gasteiger partial charge in [-0.3, -0.25) is 4.79 Å². The number of likely N-dealkylation sites (N-methyl/N-ethyl adjacent to an activating group) is 1. The maximum atomic E-state index is 12.3. The zero-order chi connectivity index (χ0) is 12.0. The van der Waals surface area contributed by atoms with Gasteiger partial charge in [-0.25, -0.2) is 0 Å². The van der Waals surface area contributed by atoms with Crippen LogP contribution in [-0.4, -0.2) is 38.6 Å². The molecule has 0 spiro atoms. The Morgan fingerprint density at radius 3 is 3.12 bits per heavy atom. The molecule has 1 amide bonds. The second-order valence-electron chi connectivity index (χ2n) is 4.42. The van der Waals surface area contributed by atoms with Crippen LogP contribution in [0.3, 0.4) is 0 Å². The molecule has 1 N–H and O–H groups in total. The second-order valence-corrected chi connectivity index (χ2v) is 4.83. The number of rotatable bonds is 0. The third kappa shape index (κ3) is 1.51. The molecule has 0 radical (unpaired) electrons. The molecule has 1 aromatic rings. The van der Waals surface area contributed by atoms with Crippen LogP contribution in [0.15, 0.2) is 18.2 Å². The Morgan fingerprint density at radius 2 is 2.29 bits per heavy atom. The van der Waals surface area contributed by atoms with Gasteiger partial charge in [0.2, 0.25) is 0 Å². The minimum absolute atomic E-state index is 0.0975. The molecule has 0 aromatic heterocycles. The summed E-state index contributed by atoms with van der Waals surface area (Å²) < 4.78 is 0. The standard InChI is InChI=1S/C12H14ClN3O/c1-15-11-8(13)3-2-4-9(11)16-6-5-14-7-10(16)12(15)17/h2-4,10,14H,5-7H2,1H3. The van der Waals surface area contributed by atoms with Gasteiger partial charge in [-0.05, 0) is 12.1 Å². The molecule has 1 atom stereocenters. The lowest BCUT2D eigenvalue weighted by atomic mass is 10.0. The van der Waals surface area contributed by atoms with E-state index >= 15 is 0 Å². The summed E-state index contributed by atoms with van der Waals surface area (Å²) in [5.74, 6) is 0.109. The minimum Gasteiger partial charge on any atom is -0.355 e. The monoisotopic (exact) mass is 251 g/mol. The van der Waals surface area contributed by atoms with Gasteiger partial charge in [0.25, 0.3) is 5.91 Å². The summed E-state index contributed by atoms with van der Waals surface area (Å²) in [5.41, 5.74) is 1.89. The Bertz CT molecular complexity index is 477. The number of halogens is 1. The van der Waals surface area contributed by atoms with Crippen molar-refractivity contribution in [1.82, 2.24) is 5.32 Å². The molecular formula is C12H14ClN3O. The molecular weight excluding hydrogens is 238 g/mol. The minimum atomic E-state index is -0.0975. The predicted octanol–water partition coefficient (Wildman–Crippen LogP) is 1.09. The first-order chi connectivity index (χ1) is 8.20. The lowest BCUT2D eigenvalue weighted by molar-refractivity contribution is -0.120. The molecule has 2 heterocycles. The first-order valence-corrected chi connectivity index (χ1v) is 6.11. The molecule has 0 saturated carbocycles. The Kier molecular flexibility index (Phi) is 2.49. The third-order valence-electron chi connectivity index (χ3n) is 3.47. The summed E-state index contributed by atoms with van der Waals surface area (Å²) in [6, 6.07) is 5.69. The number of piperazine rings is 1. The number of anilines is 2. The number of fused-ring (bicyclic) bond motifs is 3. The van der Waals surface area contributed by atoms with Crippen molar-refractivity contribution in [2.75, 3.05) is 36.5 Å². The molecule has 5 heteroatoms. The van der Waals surface area contributed by atoms with Crippen molar-refractivity contribution >= 4 is 28.9 Å². The van der Waals surface area contributed by atoms with Crippen LogP contribution in [0.5, 0.6) is 0 Å². The van der Waals surface area contributed by atoms with Crippen LogP contribution in [0, 0.1) is 0 Å². The molecule has 0 aliphatic carbocycles. The summed E-state index contributed by atoms with van der Waals surface area (Å²) in [5, 5.41) is 3.89. The van der Waals surface area contributed by atoms with Crippen LogP contribution in [-0.2, 0) is 4.79 Å². The van der Waals surface area contributed by atoms with Crippen molar-refractivity contribution in [3.63, 3.8) is 0 Å². The van der Waals surface area contributed by atoms with Gasteiger partial charge in [0.1, 0.15) is 6.04 Å². The van der Waals surface area contributed by atoms with E-state index in [2.05, 4.69) is 10.2 Å². The topological polar surface area (TPSA) is 35.6 Å². The highest BCUT2D eigenvalue weighted by Crippen LogP contribution is 2.40. The zero-order valence-electron chi connectivity index (χ0n) is 9.61. The van der Waals surface area contributed by atoms with E-state index in [1.165, 1.54) is 0 Å². The van der Waals surface area contributed by atoms with Gasteiger partial charge >= 0.3 is 0 Å². The van der Waals surface area contributed by atoms with E-state index in [1.54, 1.807) is 11.9 Å². The molecule has 17 heavy (non-hydrogen) atoms. The highest BCUT2D eigenvalue weighted by molar-refractivity contribution is 6.35. The van der Waals surface area contributed by atoms with Crippen molar-refractivity contribution in [3.05, 3.63) is 23.2 Å². The normalized spacial score (nSPS) is 23.4.